The topological polar surface area (TPSA) is 86.7 Å². The van der Waals surface area contributed by atoms with Crippen molar-refractivity contribution < 1.29 is 19.5 Å². The highest BCUT2D eigenvalue weighted by Crippen LogP contribution is 2.26. The first-order valence-electron chi connectivity index (χ1n) is 7.71. The van der Waals surface area contributed by atoms with Crippen molar-refractivity contribution in [3.63, 3.8) is 0 Å². The van der Waals surface area contributed by atoms with Crippen LogP contribution in [0.4, 0.5) is 5.69 Å². The van der Waals surface area contributed by atoms with Crippen molar-refractivity contribution in [1.82, 2.24) is 4.90 Å². The molecule has 3 rings (SSSR count). The summed E-state index contributed by atoms with van der Waals surface area (Å²) in [5, 5.41) is 12.2. The largest absolute Gasteiger partial charge is 0.506 e. The number of nitrogens with zero attached hydrogens (tertiary/aromatic N) is 1. The number of anilines is 1. The zero-order valence-electron chi connectivity index (χ0n) is 13.2. The van der Waals surface area contributed by atoms with Gasteiger partial charge in [0.25, 0.3) is 11.8 Å². The summed E-state index contributed by atoms with van der Waals surface area (Å²) in [7, 11) is 0. The highest BCUT2D eigenvalue weighted by molar-refractivity contribution is 9.10. The molecule has 128 valence electrons. The third-order valence-corrected chi connectivity index (χ3v) is 4.39. The Morgan fingerprint density at radius 1 is 1.08 bits per heavy atom. The molecule has 2 aromatic rings. The lowest BCUT2D eigenvalue weighted by Gasteiger charge is -2.13. The van der Waals surface area contributed by atoms with Crippen LogP contribution < -0.4 is 5.32 Å². The molecule has 0 unspecified atom stereocenters. The van der Waals surface area contributed by atoms with E-state index in [-0.39, 0.29) is 36.4 Å². The standard InChI is InChI=1S/C18H15BrN2O4/c19-11-7-8-12-13(10-11)18(25)21(17(12)24)9-3-6-16(23)20-14-4-1-2-5-15(14)22/h1-2,4-5,7-8,10,22H,3,6,9H2,(H,20,23). The van der Waals surface area contributed by atoms with Crippen LogP contribution in [0.1, 0.15) is 33.6 Å². The van der Waals surface area contributed by atoms with Crippen molar-refractivity contribution in [3.05, 3.63) is 58.1 Å². The van der Waals surface area contributed by atoms with E-state index in [0.717, 1.165) is 9.37 Å². The molecule has 0 atom stereocenters. The Morgan fingerprint density at radius 3 is 2.56 bits per heavy atom. The fraction of sp³-hybridized carbons (Fsp3) is 0.167. The average Bonchev–Trinajstić information content (AvgIpc) is 2.81. The predicted molar refractivity (Wildman–Crippen MR) is 95.5 cm³/mol. The Bertz CT molecular complexity index is 866. The van der Waals surface area contributed by atoms with Crippen LogP contribution in [-0.2, 0) is 4.79 Å². The maximum atomic E-state index is 12.3. The van der Waals surface area contributed by atoms with E-state index in [4.69, 9.17) is 0 Å². The molecule has 25 heavy (non-hydrogen) atoms. The van der Waals surface area contributed by atoms with Crippen LogP contribution in [-0.4, -0.2) is 34.3 Å². The number of fused-ring (bicyclic) bond motifs is 1. The number of benzene rings is 2. The Kier molecular flexibility index (Phi) is 4.85. The van der Waals surface area contributed by atoms with Gasteiger partial charge in [0.2, 0.25) is 5.91 Å². The molecule has 1 aliphatic heterocycles. The van der Waals surface area contributed by atoms with E-state index in [9.17, 15) is 19.5 Å². The average molecular weight is 403 g/mol. The molecule has 1 aliphatic rings. The van der Waals surface area contributed by atoms with Gasteiger partial charge in [-0.25, -0.2) is 0 Å². The van der Waals surface area contributed by atoms with E-state index in [1.54, 1.807) is 36.4 Å². The Labute approximate surface area is 152 Å². The van der Waals surface area contributed by atoms with Crippen LogP contribution in [0.5, 0.6) is 5.75 Å². The lowest BCUT2D eigenvalue weighted by Crippen LogP contribution is -2.31. The first kappa shape index (κ1) is 17.2. The van der Waals surface area contributed by atoms with Gasteiger partial charge in [-0.05, 0) is 36.8 Å². The normalized spacial score (nSPS) is 13.1. The molecule has 2 aromatic carbocycles. The minimum Gasteiger partial charge on any atom is -0.506 e. The van der Waals surface area contributed by atoms with Crippen LogP contribution in [0.3, 0.4) is 0 Å². The lowest BCUT2D eigenvalue weighted by molar-refractivity contribution is -0.116. The Morgan fingerprint density at radius 2 is 1.80 bits per heavy atom. The second-order valence-electron chi connectivity index (χ2n) is 5.62. The van der Waals surface area contributed by atoms with Gasteiger partial charge in [-0.3, -0.25) is 19.3 Å². The summed E-state index contributed by atoms with van der Waals surface area (Å²) in [4.78, 5) is 37.7. The number of phenolic OH excluding ortho intramolecular Hbond substituents is 1. The number of nitrogens with one attached hydrogen (secondary N) is 1. The van der Waals surface area contributed by atoms with Gasteiger partial charge in [-0.2, -0.15) is 0 Å². The number of carbonyl (C=O) groups excluding carboxylic acids is 3. The number of phenols is 1. The molecule has 0 saturated carbocycles. The quantitative estimate of drug-likeness (QED) is 0.593. The minimum absolute atomic E-state index is 0.0122. The summed E-state index contributed by atoms with van der Waals surface area (Å²) in [6.45, 7) is 0.165. The fourth-order valence-corrected chi connectivity index (χ4v) is 3.02. The Balaban J connectivity index is 1.56. The number of imide groups is 1. The molecule has 0 saturated heterocycles. The molecule has 0 radical (unpaired) electrons. The van der Waals surface area contributed by atoms with E-state index in [0.29, 0.717) is 23.2 Å². The molecule has 0 spiro atoms. The maximum absolute atomic E-state index is 12.3. The molecule has 6 nitrogen and oxygen atoms in total. The highest BCUT2D eigenvalue weighted by Gasteiger charge is 2.35. The van der Waals surface area contributed by atoms with Gasteiger partial charge in [0.1, 0.15) is 5.75 Å². The number of hydrogen-bond acceptors (Lipinski definition) is 4. The molecule has 7 heteroatoms. The van der Waals surface area contributed by atoms with Crippen molar-refractivity contribution in [1.29, 1.82) is 0 Å². The van der Waals surface area contributed by atoms with Crippen LogP contribution in [0.15, 0.2) is 46.9 Å². The van der Waals surface area contributed by atoms with Gasteiger partial charge in [-0.15, -0.1) is 0 Å². The highest BCUT2D eigenvalue weighted by atomic mass is 79.9. The van der Waals surface area contributed by atoms with Crippen molar-refractivity contribution >= 4 is 39.3 Å². The monoisotopic (exact) mass is 402 g/mol. The molecule has 0 aliphatic carbocycles. The third-order valence-electron chi connectivity index (χ3n) is 3.90. The van der Waals surface area contributed by atoms with Gasteiger partial charge >= 0.3 is 0 Å². The van der Waals surface area contributed by atoms with Gasteiger partial charge in [0.15, 0.2) is 0 Å². The summed E-state index contributed by atoms with van der Waals surface area (Å²) in [5.41, 5.74) is 1.09. The van der Waals surface area contributed by atoms with Crippen molar-refractivity contribution in [2.45, 2.75) is 12.8 Å². The van der Waals surface area contributed by atoms with Crippen molar-refractivity contribution in [3.8, 4) is 5.75 Å². The van der Waals surface area contributed by atoms with E-state index >= 15 is 0 Å². The van der Waals surface area contributed by atoms with Gasteiger partial charge in [0, 0.05) is 17.4 Å². The van der Waals surface area contributed by atoms with Crippen LogP contribution in [0.25, 0.3) is 0 Å². The summed E-state index contributed by atoms with van der Waals surface area (Å²) in [6.07, 6.45) is 0.470. The molecule has 2 N–H and O–H groups in total. The summed E-state index contributed by atoms with van der Waals surface area (Å²) < 4.78 is 0.733. The van der Waals surface area contributed by atoms with Crippen molar-refractivity contribution in [2.75, 3.05) is 11.9 Å². The smallest absolute Gasteiger partial charge is 0.261 e. The van der Waals surface area contributed by atoms with E-state index in [1.165, 1.54) is 6.07 Å². The molecule has 3 amide bonds. The first-order valence-corrected chi connectivity index (χ1v) is 8.50. The van der Waals surface area contributed by atoms with Crippen molar-refractivity contribution in [2.24, 2.45) is 0 Å². The number of amides is 3. The summed E-state index contributed by atoms with van der Waals surface area (Å²) >= 11 is 3.29. The molecular formula is C18H15BrN2O4. The van der Waals surface area contributed by atoms with Gasteiger partial charge < -0.3 is 10.4 Å². The first-order chi connectivity index (χ1) is 12.0. The zero-order chi connectivity index (χ0) is 18.0. The lowest BCUT2D eigenvalue weighted by atomic mass is 10.1. The van der Waals surface area contributed by atoms with E-state index in [1.807, 2.05) is 0 Å². The second-order valence-corrected chi connectivity index (χ2v) is 6.54. The maximum Gasteiger partial charge on any atom is 0.261 e. The Hall–Kier alpha value is -2.67. The van der Waals surface area contributed by atoms with Gasteiger partial charge in [-0.1, -0.05) is 28.1 Å². The zero-order valence-corrected chi connectivity index (χ0v) is 14.7. The number of rotatable bonds is 5. The molecule has 0 bridgehead atoms. The SMILES string of the molecule is O=C(CCCN1C(=O)c2ccc(Br)cc2C1=O)Nc1ccccc1O. The number of hydrogen-bond donors (Lipinski definition) is 2. The molecule has 0 aromatic heterocycles. The summed E-state index contributed by atoms with van der Waals surface area (Å²) in [6, 6.07) is 11.4. The molecule has 0 fully saturated rings. The fourth-order valence-electron chi connectivity index (χ4n) is 2.66. The second kappa shape index (κ2) is 7.06. The van der Waals surface area contributed by atoms with Crippen LogP contribution in [0, 0.1) is 0 Å². The van der Waals surface area contributed by atoms with Gasteiger partial charge in [0.05, 0.1) is 16.8 Å². The molecule has 1 heterocycles. The van der Waals surface area contributed by atoms with Crippen LogP contribution in [0.2, 0.25) is 0 Å². The number of aromatic hydroxyl groups is 1. The van der Waals surface area contributed by atoms with Crippen LogP contribution >= 0.6 is 15.9 Å². The van der Waals surface area contributed by atoms with E-state index in [2.05, 4.69) is 21.2 Å². The molecular weight excluding hydrogens is 388 g/mol. The summed E-state index contributed by atoms with van der Waals surface area (Å²) in [5.74, 6) is -0.987. The number of halogens is 1. The predicted octanol–water partition coefficient (Wildman–Crippen LogP) is 3.17. The minimum atomic E-state index is -0.345. The van der Waals surface area contributed by atoms with E-state index < -0.39 is 0 Å². The number of carbonyl (C=O) groups is 3. The third kappa shape index (κ3) is 3.56. The number of para-hydroxylation sites is 2.